The minimum atomic E-state index is 0.665. The van der Waals surface area contributed by atoms with Crippen molar-refractivity contribution in [3.8, 4) is 22.4 Å². The maximum atomic E-state index is 6.23. The van der Waals surface area contributed by atoms with Crippen molar-refractivity contribution in [3.05, 3.63) is 89.4 Å². The van der Waals surface area contributed by atoms with Gasteiger partial charge in [0.25, 0.3) is 0 Å². The highest BCUT2D eigenvalue weighted by atomic mass is 16.3. The van der Waals surface area contributed by atoms with Crippen LogP contribution in [0.3, 0.4) is 0 Å². The Morgan fingerprint density at radius 2 is 1.45 bits per heavy atom. The molecule has 0 radical (unpaired) electrons. The fraction of sp³-hybridized carbons (Fsp3) is 0.138. The minimum Gasteiger partial charge on any atom is -0.437 e. The lowest BCUT2D eigenvalue weighted by Crippen LogP contribution is -1.93. The first-order valence-electron chi connectivity index (χ1n) is 11.1. The zero-order valence-electron chi connectivity index (χ0n) is 19.1. The molecule has 4 aromatic heterocycles. The summed E-state index contributed by atoms with van der Waals surface area (Å²) in [6, 6.07) is 21.1. The quantitative estimate of drug-likeness (QED) is 0.286. The van der Waals surface area contributed by atoms with E-state index in [4.69, 9.17) is 9.40 Å². The van der Waals surface area contributed by atoms with E-state index in [1.807, 2.05) is 26.1 Å². The molecular weight excluding hydrogens is 406 g/mol. The SMILES string of the molecule is Cc1ccc2cc(-c3cc(-c4cccc5c4oc4nc(C)ccc45)ncc3C)c(C)cc2n1. The molecule has 0 aliphatic rings. The summed E-state index contributed by atoms with van der Waals surface area (Å²) < 4.78 is 6.23. The number of aryl methyl sites for hydroxylation is 4. The number of pyridine rings is 3. The molecule has 6 aromatic rings. The van der Waals surface area contributed by atoms with Crippen molar-refractivity contribution in [1.82, 2.24) is 15.0 Å². The molecule has 4 nitrogen and oxygen atoms in total. The van der Waals surface area contributed by atoms with Gasteiger partial charge in [-0.3, -0.25) is 9.97 Å². The van der Waals surface area contributed by atoms with Gasteiger partial charge in [0.1, 0.15) is 5.58 Å². The molecule has 33 heavy (non-hydrogen) atoms. The van der Waals surface area contributed by atoms with Crippen LogP contribution in [-0.2, 0) is 0 Å². The first-order chi connectivity index (χ1) is 16.0. The summed E-state index contributed by atoms with van der Waals surface area (Å²) in [4.78, 5) is 14.1. The number of nitrogens with zero attached hydrogens (tertiary/aromatic N) is 3. The number of benzene rings is 2. The van der Waals surface area contributed by atoms with Crippen molar-refractivity contribution in [1.29, 1.82) is 0 Å². The lowest BCUT2D eigenvalue weighted by atomic mass is 9.94. The van der Waals surface area contributed by atoms with Gasteiger partial charge in [0.05, 0.1) is 11.2 Å². The van der Waals surface area contributed by atoms with E-state index in [1.54, 1.807) is 0 Å². The second-order valence-corrected chi connectivity index (χ2v) is 8.79. The molecule has 0 spiro atoms. The third-order valence-electron chi connectivity index (χ3n) is 6.35. The summed E-state index contributed by atoms with van der Waals surface area (Å²) in [5.41, 5.74) is 11.0. The first kappa shape index (κ1) is 19.6. The highest BCUT2D eigenvalue weighted by Gasteiger charge is 2.16. The number of fused-ring (bicyclic) bond motifs is 4. The highest BCUT2D eigenvalue weighted by Crippen LogP contribution is 2.37. The molecule has 0 unspecified atom stereocenters. The molecule has 4 heteroatoms. The van der Waals surface area contributed by atoms with Crippen LogP contribution in [0.2, 0.25) is 0 Å². The van der Waals surface area contributed by atoms with Gasteiger partial charge >= 0.3 is 0 Å². The normalized spacial score (nSPS) is 11.6. The fourth-order valence-electron chi connectivity index (χ4n) is 4.60. The second kappa shape index (κ2) is 7.24. The second-order valence-electron chi connectivity index (χ2n) is 8.79. The number of aromatic nitrogens is 3. The standard InChI is InChI=1S/C29H23N3O/c1-16-12-26-20(10-8-18(3)31-26)13-24(16)25-14-27(30-15-17(25)2)23-7-5-6-21-22-11-9-19(4)32-29(22)33-28(21)23/h5-15H,1-4H3. The van der Waals surface area contributed by atoms with Crippen LogP contribution < -0.4 is 0 Å². The van der Waals surface area contributed by atoms with Gasteiger partial charge in [0, 0.05) is 39.3 Å². The monoisotopic (exact) mass is 429 g/mol. The van der Waals surface area contributed by atoms with Gasteiger partial charge < -0.3 is 4.42 Å². The van der Waals surface area contributed by atoms with Crippen LogP contribution in [0, 0.1) is 27.7 Å². The average molecular weight is 430 g/mol. The number of furan rings is 1. The average Bonchev–Trinajstić information content (AvgIpc) is 3.17. The van der Waals surface area contributed by atoms with Gasteiger partial charge in [-0.25, -0.2) is 4.98 Å². The summed E-state index contributed by atoms with van der Waals surface area (Å²) in [6.45, 7) is 8.26. The van der Waals surface area contributed by atoms with Gasteiger partial charge in [-0.1, -0.05) is 18.2 Å². The van der Waals surface area contributed by atoms with Crippen molar-refractivity contribution in [3.63, 3.8) is 0 Å². The number of hydrogen-bond acceptors (Lipinski definition) is 4. The van der Waals surface area contributed by atoms with E-state index in [2.05, 4.69) is 78.4 Å². The molecule has 0 saturated heterocycles. The molecule has 2 aromatic carbocycles. The Morgan fingerprint density at radius 1 is 0.667 bits per heavy atom. The Balaban J connectivity index is 1.56. The molecule has 0 aliphatic carbocycles. The topological polar surface area (TPSA) is 51.8 Å². The molecule has 0 amide bonds. The first-order valence-corrected chi connectivity index (χ1v) is 11.1. The molecule has 160 valence electrons. The summed E-state index contributed by atoms with van der Waals surface area (Å²) in [5.74, 6) is 0. The van der Waals surface area contributed by atoms with Crippen molar-refractivity contribution in [2.45, 2.75) is 27.7 Å². The van der Waals surface area contributed by atoms with Gasteiger partial charge in [0.2, 0.25) is 5.71 Å². The van der Waals surface area contributed by atoms with E-state index < -0.39 is 0 Å². The Bertz CT molecular complexity index is 1710. The van der Waals surface area contributed by atoms with Crippen molar-refractivity contribution < 1.29 is 4.42 Å². The molecule has 0 saturated carbocycles. The smallest absolute Gasteiger partial charge is 0.227 e. The largest absolute Gasteiger partial charge is 0.437 e. The fourth-order valence-corrected chi connectivity index (χ4v) is 4.60. The van der Waals surface area contributed by atoms with E-state index >= 15 is 0 Å². The molecular formula is C29H23N3O. The van der Waals surface area contributed by atoms with Crippen LogP contribution in [0.4, 0.5) is 0 Å². The Labute approximate surface area is 192 Å². The maximum absolute atomic E-state index is 6.23. The zero-order valence-corrected chi connectivity index (χ0v) is 19.1. The molecule has 4 heterocycles. The van der Waals surface area contributed by atoms with E-state index in [0.29, 0.717) is 5.71 Å². The van der Waals surface area contributed by atoms with Crippen LogP contribution in [0.5, 0.6) is 0 Å². The predicted molar refractivity (Wildman–Crippen MR) is 134 cm³/mol. The van der Waals surface area contributed by atoms with E-state index in [0.717, 1.165) is 55.5 Å². The van der Waals surface area contributed by atoms with E-state index in [-0.39, 0.29) is 0 Å². The molecule has 6 rings (SSSR count). The summed E-state index contributed by atoms with van der Waals surface area (Å²) >= 11 is 0. The lowest BCUT2D eigenvalue weighted by molar-refractivity contribution is 0.653. The molecule has 0 aliphatic heterocycles. The molecule has 0 bridgehead atoms. The minimum absolute atomic E-state index is 0.665. The third-order valence-corrected chi connectivity index (χ3v) is 6.35. The van der Waals surface area contributed by atoms with Crippen molar-refractivity contribution in [2.75, 3.05) is 0 Å². The Hall–Kier alpha value is -4.05. The Kier molecular flexibility index (Phi) is 4.31. The van der Waals surface area contributed by atoms with Gasteiger partial charge in [-0.15, -0.1) is 0 Å². The van der Waals surface area contributed by atoms with Crippen LogP contribution in [0.15, 0.2) is 71.3 Å². The van der Waals surface area contributed by atoms with Gasteiger partial charge in [-0.05, 0) is 92.4 Å². The maximum Gasteiger partial charge on any atom is 0.227 e. The van der Waals surface area contributed by atoms with Crippen LogP contribution >= 0.6 is 0 Å². The molecule has 0 atom stereocenters. The number of hydrogen-bond donors (Lipinski definition) is 0. The third kappa shape index (κ3) is 3.18. The number of para-hydroxylation sites is 1. The summed E-state index contributed by atoms with van der Waals surface area (Å²) in [6.07, 6.45) is 1.95. The van der Waals surface area contributed by atoms with Crippen LogP contribution in [0.1, 0.15) is 22.5 Å². The van der Waals surface area contributed by atoms with E-state index in [1.165, 1.54) is 16.7 Å². The predicted octanol–water partition coefficient (Wildman–Crippen LogP) is 7.49. The molecule has 0 fully saturated rings. The van der Waals surface area contributed by atoms with Crippen molar-refractivity contribution in [2.24, 2.45) is 0 Å². The Morgan fingerprint density at radius 3 is 2.33 bits per heavy atom. The highest BCUT2D eigenvalue weighted by molar-refractivity contribution is 6.08. The van der Waals surface area contributed by atoms with E-state index in [9.17, 15) is 0 Å². The molecule has 0 N–H and O–H groups in total. The van der Waals surface area contributed by atoms with Gasteiger partial charge in [0.15, 0.2) is 0 Å². The van der Waals surface area contributed by atoms with Crippen LogP contribution in [-0.4, -0.2) is 15.0 Å². The zero-order chi connectivity index (χ0) is 22.7. The lowest BCUT2D eigenvalue weighted by Gasteiger charge is -2.13. The summed E-state index contributed by atoms with van der Waals surface area (Å²) in [5, 5.41) is 3.22. The van der Waals surface area contributed by atoms with Crippen LogP contribution in [0.25, 0.3) is 55.4 Å². The summed E-state index contributed by atoms with van der Waals surface area (Å²) in [7, 11) is 0. The van der Waals surface area contributed by atoms with Crippen molar-refractivity contribution >= 4 is 33.0 Å². The number of rotatable bonds is 2. The van der Waals surface area contributed by atoms with Gasteiger partial charge in [-0.2, -0.15) is 0 Å².